The molecular weight excluding hydrogens is 268 g/mol. The summed E-state index contributed by atoms with van der Waals surface area (Å²) < 4.78 is 0. The average molecular weight is 289 g/mol. The smallest absolute Gasteiger partial charge is 0.0406 e. The van der Waals surface area contributed by atoms with E-state index in [2.05, 4.69) is 48.6 Å². The van der Waals surface area contributed by atoms with E-state index in [4.69, 9.17) is 11.6 Å². The van der Waals surface area contributed by atoms with E-state index < -0.39 is 0 Å². The van der Waals surface area contributed by atoms with Crippen LogP contribution >= 0.6 is 11.6 Å². The second kappa shape index (κ2) is 7.44. The molecule has 0 heterocycles. The quantitative estimate of drug-likeness (QED) is 0.816. The minimum absolute atomic E-state index is 0.774. The van der Waals surface area contributed by atoms with Gasteiger partial charge in [-0.15, -0.1) is 0 Å². The highest BCUT2D eigenvalue weighted by molar-refractivity contribution is 6.30. The second-order valence-corrected chi connectivity index (χ2v) is 5.62. The van der Waals surface area contributed by atoms with Crippen molar-refractivity contribution in [2.24, 2.45) is 0 Å². The molecule has 0 bridgehead atoms. The van der Waals surface area contributed by atoms with Crippen LogP contribution < -0.4 is 5.32 Å². The standard InChI is InChI=1S/C17H21ClN2/c1-20(2)12-11-19-13-14-3-5-15(6-4-14)16-7-9-17(18)10-8-16/h3-10,19H,11-13H2,1-2H3. The maximum atomic E-state index is 5.91. The molecule has 0 fully saturated rings. The fraction of sp³-hybridized carbons (Fsp3) is 0.294. The monoisotopic (exact) mass is 288 g/mol. The largest absolute Gasteiger partial charge is 0.311 e. The van der Waals surface area contributed by atoms with Crippen molar-refractivity contribution in [1.29, 1.82) is 0 Å². The number of rotatable bonds is 6. The summed E-state index contributed by atoms with van der Waals surface area (Å²) in [6, 6.07) is 16.6. The van der Waals surface area contributed by atoms with Gasteiger partial charge in [-0.05, 0) is 42.9 Å². The van der Waals surface area contributed by atoms with Crippen LogP contribution in [0.2, 0.25) is 5.02 Å². The van der Waals surface area contributed by atoms with Gasteiger partial charge in [-0.3, -0.25) is 0 Å². The topological polar surface area (TPSA) is 15.3 Å². The van der Waals surface area contributed by atoms with E-state index in [1.807, 2.05) is 24.3 Å². The fourth-order valence-corrected chi connectivity index (χ4v) is 2.12. The predicted molar refractivity (Wildman–Crippen MR) is 87.1 cm³/mol. The third kappa shape index (κ3) is 4.64. The Bertz CT molecular complexity index is 518. The van der Waals surface area contributed by atoms with E-state index in [9.17, 15) is 0 Å². The summed E-state index contributed by atoms with van der Waals surface area (Å²) in [6.07, 6.45) is 0. The van der Waals surface area contributed by atoms with Gasteiger partial charge in [0.25, 0.3) is 0 Å². The number of likely N-dealkylation sites (N-methyl/N-ethyl adjacent to an activating group) is 1. The third-order valence-corrected chi connectivity index (χ3v) is 3.45. The molecule has 2 rings (SSSR count). The molecule has 0 radical (unpaired) electrons. The van der Waals surface area contributed by atoms with Gasteiger partial charge in [-0.25, -0.2) is 0 Å². The van der Waals surface area contributed by atoms with Crippen molar-refractivity contribution in [3.63, 3.8) is 0 Å². The number of benzene rings is 2. The highest BCUT2D eigenvalue weighted by Crippen LogP contribution is 2.21. The van der Waals surface area contributed by atoms with Crippen molar-refractivity contribution in [2.45, 2.75) is 6.54 Å². The van der Waals surface area contributed by atoms with Gasteiger partial charge in [0.15, 0.2) is 0 Å². The number of hydrogen-bond acceptors (Lipinski definition) is 2. The van der Waals surface area contributed by atoms with Crippen LogP contribution in [0, 0.1) is 0 Å². The molecule has 0 aliphatic rings. The van der Waals surface area contributed by atoms with E-state index in [1.165, 1.54) is 16.7 Å². The van der Waals surface area contributed by atoms with Gasteiger partial charge < -0.3 is 10.2 Å². The van der Waals surface area contributed by atoms with E-state index >= 15 is 0 Å². The second-order valence-electron chi connectivity index (χ2n) is 5.18. The summed E-state index contributed by atoms with van der Waals surface area (Å²) in [5.41, 5.74) is 3.72. The predicted octanol–water partition coefficient (Wildman–Crippen LogP) is 3.66. The van der Waals surface area contributed by atoms with Crippen LogP contribution in [0.3, 0.4) is 0 Å². The maximum Gasteiger partial charge on any atom is 0.0406 e. The normalized spacial score (nSPS) is 11.0. The lowest BCUT2D eigenvalue weighted by molar-refractivity contribution is 0.400. The Balaban J connectivity index is 1.91. The third-order valence-electron chi connectivity index (χ3n) is 3.20. The number of hydrogen-bond donors (Lipinski definition) is 1. The van der Waals surface area contributed by atoms with Crippen LogP contribution in [0.5, 0.6) is 0 Å². The first-order chi connectivity index (χ1) is 9.65. The zero-order valence-electron chi connectivity index (χ0n) is 12.1. The van der Waals surface area contributed by atoms with Crippen molar-refractivity contribution < 1.29 is 0 Å². The average Bonchev–Trinajstić information content (AvgIpc) is 2.45. The van der Waals surface area contributed by atoms with Crippen LogP contribution in [-0.4, -0.2) is 32.1 Å². The van der Waals surface area contributed by atoms with Crippen LogP contribution in [0.15, 0.2) is 48.5 Å². The van der Waals surface area contributed by atoms with Gasteiger partial charge >= 0.3 is 0 Å². The Labute approximate surface area is 126 Å². The minimum atomic E-state index is 0.774. The Morgan fingerprint density at radius 2 is 1.45 bits per heavy atom. The summed E-state index contributed by atoms with van der Waals surface area (Å²) in [4.78, 5) is 2.18. The van der Waals surface area contributed by atoms with Crippen LogP contribution in [0.25, 0.3) is 11.1 Å². The summed E-state index contributed by atoms with van der Waals surface area (Å²) >= 11 is 5.91. The molecule has 0 unspecified atom stereocenters. The van der Waals surface area contributed by atoms with Gasteiger partial charge in [0.2, 0.25) is 0 Å². The lowest BCUT2D eigenvalue weighted by atomic mass is 10.0. The molecule has 2 aromatic carbocycles. The van der Waals surface area contributed by atoms with Crippen LogP contribution in [0.1, 0.15) is 5.56 Å². The molecule has 0 atom stereocenters. The van der Waals surface area contributed by atoms with Crippen LogP contribution in [-0.2, 0) is 6.54 Å². The van der Waals surface area contributed by atoms with Crippen molar-refractivity contribution in [3.05, 3.63) is 59.1 Å². The van der Waals surface area contributed by atoms with E-state index in [0.29, 0.717) is 0 Å². The van der Waals surface area contributed by atoms with Gasteiger partial charge in [0.1, 0.15) is 0 Å². The molecular formula is C17H21ClN2. The molecule has 0 amide bonds. The molecule has 1 N–H and O–H groups in total. The lowest BCUT2D eigenvalue weighted by Gasteiger charge is -2.10. The number of nitrogens with zero attached hydrogens (tertiary/aromatic N) is 1. The van der Waals surface area contributed by atoms with E-state index in [1.54, 1.807) is 0 Å². The first kappa shape index (κ1) is 15.0. The van der Waals surface area contributed by atoms with Crippen molar-refractivity contribution in [2.75, 3.05) is 27.2 Å². The SMILES string of the molecule is CN(C)CCNCc1ccc(-c2ccc(Cl)cc2)cc1. The molecule has 2 nitrogen and oxygen atoms in total. The van der Waals surface area contributed by atoms with Gasteiger partial charge in [0, 0.05) is 24.7 Å². The summed E-state index contributed by atoms with van der Waals surface area (Å²) in [5, 5.41) is 4.21. The molecule has 0 aliphatic carbocycles. The molecule has 3 heteroatoms. The zero-order chi connectivity index (χ0) is 14.4. The molecule has 0 spiro atoms. The first-order valence-electron chi connectivity index (χ1n) is 6.85. The van der Waals surface area contributed by atoms with E-state index in [-0.39, 0.29) is 0 Å². The molecule has 0 aliphatic heterocycles. The molecule has 2 aromatic rings. The summed E-state index contributed by atoms with van der Waals surface area (Å²) in [6.45, 7) is 2.98. The molecule has 20 heavy (non-hydrogen) atoms. The lowest BCUT2D eigenvalue weighted by Crippen LogP contribution is -2.26. The maximum absolute atomic E-state index is 5.91. The van der Waals surface area contributed by atoms with Crippen molar-refractivity contribution in [3.8, 4) is 11.1 Å². The fourth-order valence-electron chi connectivity index (χ4n) is 1.99. The number of nitrogens with one attached hydrogen (secondary N) is 1. The van der Waals surface area contributed by atoms with Crippen molar-refractivity contribution in [1.82, 2.24) is 10.2 Å². The molecule has 0 saturated heterocycles. The Hall–Kier alpha value is -1.35. The molecule has 106 valence electrons. The Morgan fingerprint density at radius 1 is 0.900 bits per heavy atom. The first-order valence-corrected chi connectivity index (χ1v) is 7.23. The van der Waals surface area contributed by atoms with Gasteiger partial charge in [-0.2, -0.15) is 0 Å². The van der Waals surface area contributed by atoms with Crippen LogP contribution in [0.4, 0.5) is 0 Å². The Kier molecular flexibility index (Phi) is 5.60. The highest BCUT2D eigenvalue weighted by Gasteiger charge is 1.98. The Morgan fingerprint density at radius 3 is 2.00 bits per heavy atom. The highest BCUT2D eigenvalue weighted by atomic mass is 35.5. The van der Waals surface area contributed by atoms with Gasteiger partial charge in [0.05, 0.1) is 0 Å². The van der Waals surface area contributed by atoms with E-state index in [0.717, 1.165) is 24.7 Å². The minimum Gasteiger partial charge on any atom is -0.311 e. The molecule has 0 aromatic heterocycles. The number of halogens is 1. The zero-order valence-corrected chi connectivity index (χ0v) is 12.8. The summed E-state index contributed by atoms with van der Waals surface area (Å²) in [7, 11) is 4.17. The molecule has 0 saturated carbocycles. The van der Waals surface area contributed by atoms with Crippen molar-refractivity contribution >= 4 is 11.6 Å². The van der Waals surface area contributed by atoms with Gasteiger partial charge in [-0.1, -0.05) is 48.0 Å². The summed E-state index contributed by atoms with van der Waals surface area (Å²) in [5.74, 6) is 0.